The summed E-state index contributed by atoms with van der Waals surface area (Å²) in [6.45, 7) is 3.37. The van der Waals surface area contributed by atoms with Gasteiger partial charge in [0, 0.05) is 13.1 Å². The summed E-state index contributed by atoms with van der Waals surface area (Å²) in [5.41, 5.74) is 2.18. The molecule has 4 aliphatic rings. The molecule has 2 saturated heterocycles. The van der Waals surface area contributed by atoms with Crippen molar-refractivity contribution in [3.8, 4) is 0 Å². The Morgan fingerprint density at radius 2 is 0.909 bits per heavy atom. The van der Waals surface area contributed by atoms with E-state index in [-0.39, 0.29) is 35.7 Å². The van der Waals surface area contributed by atoms with E-state index in [9.17, 15) is 28.8 Å². The smallest absolute Gasteiger partial charge is 0.335 e. The van der Waals surface area contributed by atoms with Gasteiger partial charge in [-0.2, -0.15) is 0 Å². The van der Waals surface area contributed by atoms with Crippen molar-refractivity contribution in [3.63, 3.8) is 0 Å². The van der Waals surface area contributed by atoms with E-state index in [0.717, 1.165) is 38.8 Å². The summed E-state index contributed by atoms with van der Waals surface area (Å²) in [4.78, 5) is 71.1. The lowest BCUT2D eigenvalue weighted by atomic mass is 10.1. The standard InChI is InChI=1S/2C13H14N2O2.C4H6O6/c2*16-12-10-5-1-2-6-11(10)13(17)15(12)9-4-3-7-14-8-9;5-1(3(7)8)2(6)4(9)10/h2*1-2,5-6,9,14H,3-4,7-8H2;1-2,5-6H,(H,7,8)(H,9,10)/t2*9-;1-,2-/m110/s1. The Morgan fingerprint density at radius 1 is 0.614 bits per heavy atom. The number of fused-ring (bicyclic) bond motifs is 2. The van der Waals surface area contributed by atoms with Gasteiger partial charge in [0.25, 0.3) is 23.6 Å². The van der Waals surface area contributed by atoms with Crippen LogP contribution in [-0.2, 0) is 9.59 Å². The molecule has 4 atom stereocenters. The number of piperidine rings is 2. The SMILES string of the molecule is O=C(O)[C@@H](O)[C@H](O)C(=O)O.O=C1c2ccccc2C(=O)N1[C@@H]1CCCNC1.O=C1c2ccccc2C(=O)N1[C@@H]1CCCNC1. The Bertz CT molecular complexity index is 1260. The number of carboxylic acid groups (broad SMARTS) is 2. The Kier molecular flexibility index (Phi) is 10.5. The summed E-state index contributed by atoms with van der Waals surface area (Å²) in [6, 6.07) is 14.1. The molecule has 6 N–H and O–H groups in total. The molecule has 14 nitrogen and oxygen atoms in total. The molecule has 0 saturated carbocycles. The zero-order valence-corrected chi connectivity index (χ0v) is 23.7. The Labute approximate surface area is 252 Å². The number of aliphatic hydroxyl groups is 2. The highest BCUT2D eigenvalue weighted by Gasteiger charge is 2.41. The van der Waals surface area contributed by atoms with Crippen LogP contribution in [0.1, 0.15) is 67.1 Å². The second-order valence-electron chi connectivity index (χ2n) is 10.6. The van der Waals surface area contributed by atoms with Crippen LogP contribution in [0.2, 0.25) is 0 Å². The lowest BCUT2D eigenvalue weighted by Crippen LogP contribution is -2.48. The fourth-order valence-corrected chi connectivity index (χ4v) is 5.46. The van der Waals surface area contributed by atoms with E-state index in [4.69, 9.17) is 20.4 Å². The van der Waals surface area contributed by atoms with Crippen molar-refractivity contribution >= 4 is 35.6 Å². The topological polar surface area (TPSA) is 214 Å². The van der Waals surface area contributed by atoms with Crippen LogP contribution in [0.4, 0.5) is 0 Å². The number of amides is 4. The van der Waals surface area contributed by atoms with Crippen LogP contribution in [0.25, 0.3) is 0 Å². The van der Waals surface area contributed by atoms with Crippen molar-refractivity contribution in [1.29, 1.82) is 0 Å². The Balaban J connectivity index is 0.000000157. The first kappa shape index (κ1) is 32.4. The van der Waals surface area contributed by atoms with Crippen molar-refractivity contribution < 1.29 is 49.2 Å². The van der Waals surface area contributed by atoms with Gasteiger partial charge in [0.15, 0.2) is 12.2 Å². The third-order valence-electron chi connectivity index (χ3n) is 7.73. The molecule has 0 radical (unpaired) electrons. The summed E-state index contributed by atoms with van der Waals surface area (Å²) in [6.07, 6.45) is -0.706. The Hall–Kier alpha value is -4.50. The van der Waals surface area contributed by atoms with Gasteiger partial charge in [0.1, 0.15) is 0 Å². The minimum absolute atomic E-state index is 0.0103. The molecular formula is C30H34N4O10. The van der Waals surface area contributed by atoms with Crippen molar-refractivity contribution in [1.82, 2.24) is 20.4 Å². The third kappa shape index (κ3) is 6.83. The highest BCUT2D eigenvalue weighted by Crippen LogP contribution is 2.27. The lowest BCUT2D eigenvalue weighted by Gasteiger charge is -2.29. The molecule has 4 amide bonds. The lowest BCUT2D eigenvalue weighted by molar-refractivity contribution is -0.165. The summed E-state index contributed by atoms with van der Waals surface area (Å²) in [7, 11) is 0. The van der Waals surface area contributed by atoms with Crippen molar-refractivity contribution in [2.45, 2.75) is 50.0 Å². The first-order valence-electron chi connectivity index (χ1n) is 14.2. The molecule has 4 aliphatic heterocycles. The summed E-state index contributed by atoms with van der Waals surface area (Å²) in [5.74, 6) is -4.10. The first-order valence-corrected chi connectivity index (χ1v) is 14.2. The van der Waals surface area contributed by atoms with E-state index in [1.807, 2.05) is 0 Å². The molecule has 2 fully saturated rings. The molecule has 2 aromatic carbocycles. The number of benzene rings is 2. The fraction of sp³-hybridized carbons (Fsp3) is 0.400. The van der Waals surface area contributed by atoms with Gasteiger partial charge in [-0.1, -0.05) is 24.3 Å². The third-order valence-corrected chi connectivity index (χ3v) is 7.73. The molecule has 0 aromatic heterocycles. The highest BCUT2D eigenvalue weighted by molar-refractivity contribution is 6.22. The van der Waals surface area contributed by atoms with Crippen molar-refractivity contribution in [3.05, 3.63) is 70.8 Å². The van der Waals surface area contributed by atoms with Gasteiger partial charge >= 0.3 is 11.9 Å². The van der Waals surface area contributed by atoms with Crippen LogP contribution >= 0.6 is 0 Å². The number of nitrogens with zero attached hydrogens (tertiary/aromatic N) is 2. The number of rotatable bonds is 5. The number of hydrogen-bond acceptors (Lipinski definition) is 10. The zero-order valence-electron chi connectivity index (χ0n) is 23.7. The van der Waals surface area contributed by atoms with Gasteiger partial charge in [-0.3, -0.25) is 29.0 Å². The molecular weight excluding hydrogens is 576 g/mol. The van der Waals surface area contributed by atoms with Gasteiger partial charge < -0.3 is 31.1 Å². The fourth-order valence-electron chi connectivity index (χ4n) is 5.46. The number of hydrogen-bond donors (Lipinski definition) is 6. The van der Waals surface area contributed by atoms with Gasteiger partial charge in [0.2, 0.25) is 0 Å². The van der Waals surface area contributed by atoms with Crippen LogP contribution in [0, 0.1) is 0 Å². The van der Waals surface area contributed by atoms with Crippen LogP contribution in [0.5, 0.6) is 0 Å². The monoisotopic (exact) mass is 610 g/mol. The average molecular weight is 611 g/mol. The van der Waals surface area contributed by atoms with Crippen LogP contribution in [0.15, 0.2) is 48.5 Å². The zero-order chi connectivity index (χ0) is 32.0. The van der Waals surface area contributed by atoms with E-state index >= 15 is 0 Å². The summed E-state index contributed by atoms with van der Waals surface area (Å²) < 4.78 is 0. The first-order chi connectivity index (χ1) is 21.0. The number of aliphatic carboxylic acids is 2. The van der Waals surface area contributed by atoms with E-state index in [1.54, 1.807) is 48.5 Å². The normalized spacial score (nSPS) is 22.1. The van der Waals surface area contributed by atoms with Crippen LogP contribution < -0.4 is 10.6 Å². The van der Waals surface area contributed by atoms with E-state index < -0.39 is 24.1 Å². The minimum atomic E-state index is -2.27. The van der Waals surface area contributed by atoms with Crippen molar-refractivity contribution in [2.24, 2.45) is 0 Å². The van der Waals surface area contributed by atoms with Gasteiger partial charge in [-0.25, -0.2) is 9.59 Å². The van der Waals surface area contributed by atoms with E-state index in [0.29, 0.717) is 35.3 Å². The number of aliphatic hydroxyl groups excluding tert-OH is 2. The number of carbonyl (C=O) groups excluding carboxylic acids is 4. The molecule has 0 bridgehead atoms. The molecule has 44 heavy (non-hydrogen) atoms. The molecule has 6 rings (SSSR count). The maximum Gasteiger partial charge on any atom is 0.335 e. The molecule has 2 aromatic rings. The van der Waals surface area contributed by atoms with Crippen LogP contribution in [-0.4, -0.2) is 116 Å². The van der Waals surface area contributed by atoms with Gasteiger partial charge in [0.05, 0.1) is 34.3 Å². The summed E-state index contributed by atoms with van der Waals surface area (Å²) in [5, 5.41) is 39.0. The largest absolute Gasteiger partial charge is 0.479 e. The van der Waals surface area contributed by atoms with Crippen molar-refractivity contribution in [2.75, 3.05) is 26.2 Å². The molecule has 0 unspecified atom stereocenters. The second-order valence-corrected chi connectivity index (χ2v) is 10.6. The number of carbonyl (C=O) groups is 6. The molecule has 0 aliphatic carbocycles. The predicted molar refractivity (Wildman–Crippen MR) is 153 cm³/mol. The number of carboxylic acids is 2. The molecule has 14 heteroatoms. The summed E-state index contributed by atoms with van der Waals surface area (Å²) >= 11 is 0. The number of nitrogens with one attached hydrogen (secondary N) is 2. The number of imide groups is 2. The Morgan fingerprint density at radius 3 is 1.14 bits per heavy atom. The highest BCUT2D eigenvalue weighted by atomic mass is 16.4. The molecule has 234 valence electrons. The minimum Gasteiger partial charge on any atom is -0.479 e. The van der Waals surface area contributed by atoms with Gasteiger partial charge in [-0.15, -0.1) is 0 Å². The quantitative estimate of drug-likeness (QED) is 0.246. The van der Waals surface area contributed by atoms with E-state index in [2.05, 4.69) is 10.6 Å². The maximum atomic E-state index is 12.2. The second kappa shape index (κ2) is 14.3. The van der Waals surface area contributed by atoms with E-state index in [1.165, 1.54) is 9.80 Å². The molecule has 0 spiro atoms. The predicted octanol–water partition coefficient (Wildman–Crippen LogP) is -0.0534. The molecule has 4 heterocycles. The van der Waals surface area contributed by atoms with Crippen LogP contribution in [0.3, 0.4) is 0 Å². The maximum absolute atomic E-state index is 12.2. The van der Waals surface area contributed by atoms with Gasteiger partial charge in [-0.05, 0) is 63.0 Å². The average Bonchev–Trinajstić information content (AvgIpc) is 3.46.